The van der Waals surface area contributed by atoms with Gasteiger partial charge in [-0.2, -0.15) is 0 Å². The molecule has 0 saturated carbocycles. The van der Waals surface area contributed by atoms with Crippen molar-refractivity contribution in [2.75, 3.05) is 21.3 Å². The van der Waals surface area contributed by atoms with E-state index in [1.165, 1.54) is 0 Å². The van der Waals surface area contributed by atoms with Crippen LogP contribution in [0, 0.1) is 0 Å². The van der Waals surface area contributed by atoms with Gasteiger partial charge >= 0.3 is 0 Å². The molecule has 158 valence electrons. The second kappa shape index (κ2) is 9.14. The van der Waals surface area contributed by atoms with Crippen molar-refractivity contribution in [3.63, 3.8) is 0 Å². The standard InChI is InChI=1S/C26H24O4S/c1-28-22-13-18(14-23(29-2)26(22)30-3)9-7-8-17-12-21(27)25-20(16-31-24(25)15-17)19-10-5-4-6-11-19/h4-7,9-16,27H,8H2,1-3H3/b9-7+. The van der Waals surface area contributed by atoms with Gasteiger partial charge in [0.25, 0.3) is 0 Å². The summed E-state index contributed by atoms with van der Waals surface area (Å²) in [5, 5.41) is 13.7. The number of allylic oxidation sites excluding steroid dienone is 1. The van der Waals surface area contributed by atoms with Gasteiger partial charge in [0.15, 0.2) is 11.5 Å². The Morgan fingerprint density at radius 1 is 0.903 bits per heavy atom. The van der Waals surface area contributed by atoms with Crippen LogP contribution in [-0.4, -0.2) is 26.4 Å². The first kappa shape index (κ1) is 20.8. The van der Waals surface area contributed by atoms with Crippen molar-refractivity contribution in [3.05, 3.63) is 77.2 Å². The molecule has 5 heteroatoms. The minimum atomic E-state index is 0.314. The molecular weight excluding hydrogens is 408 g/mol. The summed E-state index contributed by atoms with van der Waals surface area (Å²) < 4.78 is 17.3. The first-order valence-corrected chi connectivity index (χ1v) is 10.8. The lowest BCUT2D eigenvalue weighted by Gasteiger charge is -2.12. The molecule has 31 heavy (non-hydrogen) atoms. The summed E-state index contributed by atoms with van der Waals surface area (Å²) in [5.74, 6) is 2.12. The summed E-state index contributed by atoms with van der Waals surface area (Å²) in [5.41, 5.74) is 4.18. The van der Waals surface area contributed by atoms with Gasteiger partial charge in [-0.05, 0) is 52.8 Å². The maximum Gasteiger partial charge on any atom is 0.203 e. The van der Waals surface area contributed by atoms with E-state index in [0.29, 0.717) is 29.4 Å². The Balaban J connectivity index is 1.59. The van der Waals surface area contributed by atoms with Crippen LogP contribution in [0.3, 0.4) is 0 Å². The summed E-state index contributed by atoms with van der Waals surface area (Å²) in [6.07, 6.45) is 4.77. The molecule has 4 aromatic rings. The Morgan fingerprint density at radius 2 is 1.61 bits per heavy atom. The molecule has 0 spiro atoms. The van der Waals surface area contributed by atoms with Crippen LogP contribution in [0.5, 0.6) is 23.0 Å². The van der Waals surface area contributed by atoms with Crippen LogP contribution in [0.15, 0.2) is 66.1 Å². The highest BCUT2D eigenvalue weighted by molar-refractivity contribution is 7.17. The number of hydrogen-bond donors (Lipinski definition) is 1. The van der Waals surface area contributed by atoms with E-state index < -0.39 is 0 Å². The van der Waals surface area contributed by atoms with Gasteiger partial charge in [-0.25, -0.2) is 0 Å². The van der Waals surface area contributed by atoms with Crippen molar-refractivity contribution in [2.45, 2.75) is 6.42 Å². The summed E-state index contributed by atoms with van der Waals surface area (Å²) >= 11 is 1.65. The van der Waals surface area contributed by atoms with E-state index in [4.69, 9.17) is 14.2 Å². The summed E-state index contributed by atoms with van der Waals surface area (Å²) in [6.45, 7) is 0. The SMILES string of the molecule is COc1cc(/C=C/Cc2cc(O)c3c(-c4ccccc4)csc3c2)cc(OC)c1OC. The van der Waals surface area contributed by atoms with E-state index in [1.807, 2.05) is 42.5 Å². The molecule has 0 saturated heterocycles. The monoisotopic (exact) mass is 432 g/mol. The molecule has 1 heterocycles. The van der Waals surface area contributed by atoms with Gasteiger partial charge in [0.05, 0.1) is 21.3 Å². The molecule has 0 atom stereocenters. The van der Waals surface area contributed by atoms with Crippen LogP contribution < -0.4 is 14.2 Å². The van der Waals surface area contributed by atoms with Crippen LogP contribution in [0.25, 0.3) is 27.3 Å². The van der Waals surface area contributed by atoms with E-state index in [2.05, 4.69) is 29.7 Å². The van der Waals surface area contributed by atoms with Crippen molar-refractivity contribution >= 4 is 27.5 Å². The topological polar surface area (TPSA) is 47.9 Å². The molecule has 0 amide bonds. The fourth-order valence-electron chi connectivity index (χ4n) is 3.68. The largest absolute Gasteiger partial charge is 0.507 e. The molecule has 0 unspecified atom stereocenters. The maximum absolute atomic E-state index is 10.7. The Labute approximate surface area is 186 Å². The minimum Gasteiger partial charge on any atom is -0.507 e. The highest BCUT2D eigenvalue weighted by Crippen LogP contribution is 2.41. The molecule has 4 rings (SSSR count). The van der Waals surface area contributed by atoms with Crippen LogP contribution >= 0.6 is 11.3 Å². The Bertz CT molecular complexity index is 1200. The summed E-state index contributed by atoms with van der Waals surface area (Å²) in [4.78, 5) is 0. The van der Waals surface area contributed by atoms with Gasteiger partial charge in [0, 0.05) is 15.6 Å². The van der Waals surface area contributed by atoms with Crippen LogP contribution in [-0.2, 0) is 6.42 Å². The van der Waals surface area contributed by atoms with Gasteiger partial charge < -0.3 is 19.3 Å². The smallest absolute Gasteiger partial charge is 0.203 e. The van der Waals surface area contributed by atoms with Gasteiger partial charge in [0.1, 0.15) is 5.75 Å². The van der Waals surface area contributed by atoms with Crippen molar-refractivity contribution in [1.82, 2.24) is 0 Å². The lowest BCUT2D eigenvalue weighted by molar-refractivity contribution is 0.324. The van der Waals surface area contributed by atoms with Crippen LogP contribution in [0.4, 0.5) is 0 Å². The minimum absolute atomic E-state index is 0.314. The Morgan fingerprint density at radius 3 is 2.26 bits per heavy atom. The van der Waals surface area contributed by atoms with E-state index in [0.717, 1.165) is 32.3 Å². The molecule has 0 aliphatic carbocycles. The Kier molecular flexibility index (Phi) is 6.14. The molecule has 4 nitrogen and oxygen atoms in total. The number of phenolic OH excluding ortho intramolecular Hbond substituents is 1. The second-order valence-electron chi connectivity index (χ2n) is 7.07. The number of methoxy groups -OCH3 is 3. The zero-order chi connectivity index (χ0) is 21.8. The highest BCUT2D eigenvalue weighted by atomic mass is 32.1. The first-order valence-electron chi connectivity index (χ1n) is 9.89. The second-order valence-corrected chi connectivity index (χ2v) is 7.98. The highest BCUT2D eigenvalue weighted by Gasteiger charge is 2.13. The maximum atomic E-state index is 10.7. The lowest BCUT2D eigenvalue weighted by atomic mass is 10.0. The number of thiophene rings is 1. The van der Waals surface area contributed by atoms with E-state index >= 15 is 0 Å². The molecule has 1 N–H and O–H groups in total. The molecule has 0 aliphatic rings. The van der Waals surface area contributed by atoms with Crippen molar-refractivity contribution < 1.29 is 19.3 Å². The third-order valence-electron chi connectivity index (χ3n) is 5.15. The fraction of sp³-hybridized carbons (Fsp3) is 0.154. The molecule has 0 bridgehead atoms. The predicted molar refractivity (Wildman–Crippen MR) is 128 cm³/mol. The van der Waals surface area contributed by atoms with E-state index in [1.54, 1.807) is 32.7 Å². The zero-order valence-electron chi connectivity index (χ0n) is 17.7. The molecule has 3 aromatic carbocycles. The molecule has 0 fully saturated rings. The predicted octanol–water partition coefficient (Wildman–Crippen LogP) is 6.56. The molecule has 0 aliphatic heterocycles. The van der Waals surface area contributed by atoms with Crippen molar-refractivity contribution in [1.29, 1.82) is 0 Å². The van der Waals surface area contributed by atoms with Gasteiger partial charge in [0.2, 0.25) is 5.75 Å². The van der Waals surface area contributed by atoms with E-state index in [9.17, 15) is 5.11 Å². The average Bonchev–Trinajstić information content (AvgIpc) is 3.23. The Hall–Kier alpha value is -3.44. The molecule has 0 radical (unpaired) electrons. The number of ether oxygens (including phenoxy) is 3. The summed E-state index contributed by atoms with van der Waals surface area (Å²) in [7, 11) is 4.80. The van der Waals surface area contributed by atoms with Gasteiger partial charge in [-0.15, -0.1) is 11.3 Å². The normalized spacial score (nSPS) is 11.2. The van der Waals surface area contributed by atoms with Crippen LogP contribution in [0.1, 0.15) is 11.1 Å². The zero-order valence-corrected chi connectivity index (χ0v) is 18.5. The molecule has 1 aromatic heterocycles. The van der Waals surface area contributed by atoms with Crippen molar-refractivity contribution in [3.8, 4) is 34.1 Å². The fourth-order valence-corrected chi connectivity index (χ4v) is 4.73. The number of hydrogen-bond acceptors (Lipinski definition) is 5. The number of phenols is 1. The lowest BCUT2D eigenvalue weighted by Crippen LogP contribution is -1.95. The third-order valence-corrected chi connectivity index (χ3v) is 6.08. The number of benzene rings is 3. The number of rotatable bonds is 7. The third kappa shape index (κ3) is 4.23. The van der Waals surface area contributed by atoms with Crippen molar-refractivity contribution in [2.24, 2.45) is 0 Å². The van der Waals surface area contributed by atoms with E-state index in [-0.39, 0.29) is 0 Å². The molecular formula is C26H24O4S. The summed E-state index contributed by atoms with van der Waals surface area (Å²) in [6, 6.07) is 18.0. The average molecular weight is 433 g/mol. The first-order chi connectivity index (χ1) is 15.1. The van der Waals surface area contributed by atoms with Gasteiger partial charge in [-0.3, -0.25) is 0 Å². The van der Waals surface area contributed by atoms with Gasteiger partial charge in [-0.1, -0.05) is 42.5 Å². The quantitative estimate of drug-likeness (QED) is 0.359. The number of fused-ring (bicyclic) bond motifs is 1. The van der Waals surface area contributed by atoms with Crippen LogP contribution in [0.2, 0.25) is 0 Å². The number of aromatic hydroxyl groups is 1.